The number of carbonyl (C=O) groups is 1. The van der Waals surface area contributed by atoms with E-state index < -0.39 is 5.82 Å². The van der Waals surface area contributed by atoms with Gasteiger partial charge in [0.2, 0.25) is 0 Å². The van der Waals surface area contributed by atoms with Gasteiger partial charge in [-0.15, -0.1) is 0 Å². The van der Waals surface area contributed by atoms with Crippen LogP contribution >= 0.6 is 0 Å². The zero-order chi connectivity index (χ0) is 18.8. The summed E-state index contributed by atoms with van der Waals surface area (Å²) in [7, 11) is 0. The summed E-state index contributed by atoms with van der Waals surface area (Å²) in [5.41, 5.74) is 2.90. The molecule has 1 fully saturated rings. The van der Waals surface area contributed by atoms with Crippen LogP contribution in [0.25, 0.3) is 10.9 Å². The highest BCUT2D eigenvalue weighted by Crippen LogP contribution is 2.26. The molecule has 0 radical (unpaired) electrons. The Kier molecular flexibility index (Phi) is 4.73. The second-order valence-corrected chi connectivity index (χ2v) is 6.59. The summed E-state index contributed by atoms with van der Waals surface area (Å²) < 4.78 is 18.7. The number of fused-ring (bicyclic) bond motifs is 1. The van der Waals surface area contributed by atoms with Gasteiger partial charge >= 0.3 is 0 Å². The molecule has 1 N–H and O–H groups in total. The van der Waals surface area contributed by atoms with Crippen LogP contribution in [0.5, 0.6) is 0 Å². The highest BCUT2D eigenvalue weighted by molar-refractivity contribution is 6.05. The Morgan fingerprint density at radius 3 is 2.74 bits per heavy atom. The van der Waals surface area contributed by atoms with Crippen LogP contribution in [0, 0.1) is 12.7 Å². The van der Waals surface area contributed by atoms with Crippen molar-refractivity contribution in [1.82, 2.24) is 4.98 Å². The third-order valence-corrected chi connectivity index (χ3v) is 4.68. The number of morpholine rings is 1. The Labute approximate surface area is 156 Å². The summed E-state index contributed by atoms with van der Waals surface area (Å²) in [6.45, 7) is 5.12. The molecule has 3 aromatic rings. The van der Waals surface area contributed by atoms with E-state index in [2.05, 4.69) is 16.3 Å². The van der Waals surface area contributed by atoms with E-state index in [1.807, 2.05) is 25.1 Å². The number of hydrogen-bond acceptors (Lipinski definition) is 4. The van der Waals surface area contributed by atoms with Crippen LogP contribution < -0.4 is 10.2 Å². The minimum absolute atomic E-state index is 0.285. The zero-order valence-corrected chi connectivity index (χ0v) is 15.0. The van der Waals surface area contributed by atoms with Crippen LogP contribution in [-0.2, 0) is 4.74 Å². The van der Waals surface area contributed by atoms with Gasteiger partial charge in [0.15, 0.2) is 0 Å². The number of ether oxygens (including phenoxy) is 1. The van der Waals surface area contributed by atoms with E-state index in [0.29, 0.717) is 18.9 Å². The number of nitrogens with zero attached hydrogens (tertiary/aromatic N) is 2. The lowest BCUT2D eigenvalue weighted by molar-refractivity contribution is 0.102. The second kappa shape index (κ2) is 7.32. The smallest absolute Gasteiger partial charge is 0.255 e. The summed E-state index contributed by atoms with van der Waals surface area (Å²) >= 11 is 0. The van der Waals surface area contributed by atoms with Crippen LogP contribution in [-0.4, -0.2) is 37.2 Å². The van der Waals surface area contributed by atoms with Gasteiger partial charge in [0.05, 0.1) is 18.7 Å². The fraction of sp³-hybridized carbons (Fsp3) is 0.238. The number of rotatable bonds is 3. The number of amides is 1. The lowest BCUT2D eigenvalue weighted by atomic mass is 10.1. The summed E-state index contributed by atoms with van der Waals surface area (Å²) in [4.78, 5) is 19.3. The average Bonchev–Trinajstić information content (AvgIpc) is 2.69. The molecule has 1 amide bonds. The van der Waals surface area contributed by atoms with Gasteiger partial charge in [-0.2, -0.15) is 0 Å². The Hall–Kier alpha value is -2.99. The molecule has 27 heavy (non-hydrogen) atoms. The van der Waals surface area contributed by atoms with Crippen LogP contribution in [0.4, 0.5) is 15.9 Å². The van der Waals surface area contributed by atoms with Crippen LogP contribution in [0.3, 0.4) is 0 Å². The molecule has 5 nitrogen and oxygen atoms in total. The summed E-state index contributed by atoms with van der Waals surface area (Å²) in [5.74, 6) is 0.168. The topological polar surface area (TPSA) is 54.5 Å². The minimum Gasteiger partial charge on any atom is -0.378 e. The zero-order valence-electron chi connectivity index (χ0n) is 15.0. The third-order valence-electron chi connectivity index (χ3n) is 4.68. The fourth-order valence-electron chi connectivity index (χ4n) is 3.24. The molecule has 0 spiro atoms. The number of pyridine rings is 1. The van der Waals surface area contributed by atoms with Gasteiger partial charge in [-0.1, -0.05) is 6.07 Å². The van der Waals surface area contributed by atoms with Gasteiger partial charge in [0, 0.05) is 29.7 Å². The molecule has 0 unspecified atom stereocenters. The summed E-state index contributed by atoms with van der Waals surface area (Å²) in [5, 5.41) is 3.80. The van der Waals surface area contributed by atoms with Gasteiger partial charge in [-0.25, -0.2) is 9.37 Å². The molecule has 138 valence electrons. The number of carbonyl (C=O) groups excluding carboxylic acids is 1. The molecule has 1 aliphatic rings. The van der Waals surface area contributed by atoms with Crippen molar-refractivity contribution in [2.45, 2.75) is 6.92 Å². The highest BCUT2D eigenvalue weighted by atomic mass is 19.1. The molecular formula is C21H20FN3O2. The first-order valence-electron chi connectivity index (χ1n) is 8.91. The number of aromatic nitrogens is 1. The highest BCUT2D eigenvalue weighted by Gasteiger charge is 2.14. The maximum absolute atomic E-state index is 13.3. The van der Waals surface area contributed by atoms with E-state index in [-0.39, 0.29) is 11.5 Å². The van der Waals surface area contributed by atoms with Crippen molar-refractivity contribution in [3.05, 3.63) is 65.5 Å². The number of benzene rings is 2. The van der Waals surface area contributed by atoms with Crippen molar-refractivity contribution >= 4 is 28.3 Å². The van der Waals surface area contributed by atoms with E-state index in [9.17, 15) is 9.18 Å². The Balaban J connectivity index is 1.60. The molecule has 2 aromatic carbocycles. The van der Waals surface area contributed by atoms with Crippen LogP contribution in [0.15, 0.2) is 48.5 Å². The molecule has 2 heterocycles. The van der Waals surface area contributed by atoms with Crippen molar-refractivity contribution < 1.29 is 13.9 Å². The maximum Gasteiger partial charge on any atom is 0.255 e. The molecule has 0 saturated carbocycles. The first-order valence-corrected chi connectivity index (χ1v) is 8.91. The van der Waals surface area contributed by atoms with E-state index >= 15 is 0 Å². The summed E-state index contributed by atoms with van der Waals surface area (Å²) in [6.07, 6.45) is 0. The lowest BCUT2D eigenvalue weighted by Gasteiger charge is -2.28. The van der Waals surface area contributed by atoms with Crippen molar-refractivity contribution in [3.8, 4) is 0 Å². The van der Waals surface area contributed by atoms with Crippen LogP contribution in [0.1, 0.15) is 15.9 Å². The molecule has 1 aliphatic heterocycles. The quantitative estimate of drug-likeness (QED) is 0.768. The maximum atomic E-state index is 13.3. The first-order chi connectivity index (χ1) is 13.1. The van der Waals surface area contributed by atoms with Crippen molar-refractivity contribution in [1.29, 1.82) is 0 Å². The average molecular weight is 365 g/mol. The number of halogens is 1. The largest absolute Gasteiger partial charge is 0.378 e. The Bertz CT molecular complexity index is 1000. The predicted molar refractivity (Wildman–Crippen MR) is 104 cm³/mol. The third kappa shape index (κ3) is 3.75. The Morgan fingerprint density at radius 1 is 1.15 bits per heavy atom. The first kappa shape index (κ1) is 17.4. The van der Waals surface area contributed by atoms with Crippen LogP contribution in [0.2, 0.25) is 0 Å². The van der Waals surface area contributed by atoms with Gasteiger partial charge in [-0.05, 0) is 55.0 Å². The molecule has 1 saturated heterocycles. The molecular weight excluding hydrogens is 345 g/mol. The standard InChI is InChI=1S/C21H20FN3O2/c1-14-11-20(25-7-9-27-10-8-25)24-19-6-5-17(13-18(14)19)23-21(26)15-3-2-4-16(22)12-15/h2-6,11-13H,7-10H2,1H3,(H,23,26). The van der Waals surface area contributed by atoms with E-state index in [4.69, 9.17) is 9.72 Å². The number of nitrogens with one attached hydrogen (secondary N) is 1. The molecule has 0 bridgehead atoms. The minimum atomic E-state index is -0.433. The summed E-state index contributed by atoms with van der Waals surface area (Å²) in [6, 6.07) is 13.3. The Morgan fingerprint density at radius 2 is 1.96 bits per heavy atom. The van der Waals surface area contributed by atoms with E-state index in [1.54, 1.807) is 6.07 Å². The molecule has 1 aromatic heterocycles. The van der Waals surface area contributed by atoms with Gasteiger partial charge in [0.25, 0.3) is 5.91 Å². The van der Waals surface area contributed by atoms with Crippen molar-refractivity contribution in [2.75, 3.05) is 36.5 Å². The number of aryl methyl sites for hydroxylation is 1. The normalized spacial score (nSPS) is 14.4. The van der Waals surface area contributed by atoms with Crippen molar-refractivity contribution in [3.63, 3.8) is 0 Å². The van der Waals surface area contributed by atoms with Gasteiger partial charge < -0.3 is 15.0 Å². The molecule has 0 atom stereocenters. The lowest BCUT2D eigenvalue weighted by Crippen LogP contribution is -2.36. The second-order valence-electron chi connectivity index (χ2n) is 6.59. The number of anilines is 2. The fourth-order valence-corrected chi connectivity index (χ4v) is 3.24. The van der Waals surface area contributed by atoms with E-state index in [1.165, 1.54) is 18.2 Å². The molecule has 4 rings (SSSR count). The van der Waals surface area contributed by atoms with Gasteiger partial charge in [-0.3, -0.25) is 4.79 Å². The van der Waals surface area contributed by atoms with Crippen molar-refractivity contribution in [2.24, 2.45) is 0 Å². The monoisotopic (exact) mass is 365 g/mol. The predicted octanol–water partition coefficient (Wildman–Crippen LogP) is 3.77. The van der Waals surface area contributed by atoms with E-state index in [0.717, 1.165) is 35.4 Å². The molecule has 6 heteroatoms. The SMILES string of the molecule is Cc1cc(N2CCOCC2)nc2ccc(NC(=O)c3cccc(F)c3)cc12. The van der Waals surface area contributed by atoms with Gasteiger partial charge in [0.1, 0.15) is 11.6 Å². The number of hydrogen-bond donors (Lipinski definition) is 1. The molecule has 0 aliphatic carbocycles.